The molecule has 1 heterocycles. The van der Waals surface area contributed by atoms with Crippen molar-refractivity contribution < 1.29 is 13.2 Å². The molecule has 0 bridgehead atoms. The van der Waals surface area contributed by atoms with Crippen molar-refractivity contribution in [1.82, 2.24) is 5.32 Å². The van der Waals surface area contributed by atoms with Crippen molar-refractivity contribution >= 4 is 27.1 Å². The van der Waals surface area contributed by atoms with Gasteiger partial charge in [0.2, 0.25) is 9.84 Å². The third-order valence-corrected chi connectivity index (χ3v) is 7.44. The number of hydrogen-bond donors (Lipinski definition) is 1. The molecule has 1 saturated carbocycles. The molecule has 0 aliphatic heterocycles. The van der Waals surface area contributed by atoms with Crippen LogP contribution in [0.1, 0.15) is 40.9 Å². The van der Waals surface area contributed by atoms with Crippen molar-refractivity contribution in [2.75, 3.05) is 0 Å². The number of amides is 1. The van der Waals surface area contributed by atoms with E-state index in [9.17, 15) is 13.2 Å². The molecule has 0 radical (unpaired) electrons. The molecule has 1 amide bonds. The van der Waals surface area contributed by atoms with E-state index >= 15 is 0 Å². The first-order valence-electron chi connectivity index (χ1n) is 7.69. The Morgan fingerprint density at radius 1 is 1.09 bits per heavy atom. The zero-order chi connectivity index (χ0) is 16.4. The third kappa shape index (κ3) is 3.48. The molecule has 4 nitrogen and oxygen atoms in total. The number of thiophene rings is 1. The lowest BCUT2D eigenvalue weighted by atomic mass is 10.2. The number of hydrogen-bond acceptors (Lipinski definition) is 4. The second-order valence-corrected chi connectivity index (χ2v) is 9.15. The van der Waals surface area contributed by atoms with Crippen molar-refractivity contribution in [3.63, 3.8) is 0 Å². The summed E-state index contributed by atoms with van der Waals surface area (Å²) in [6.45, 7) is 1.91. The topological polar surface area (TPSA) is 63.2 Å². The first-order chi connectivity index (χ1) is 11.0. The number of nitrogens with one attached hydrogen (secondary N) is 1. The maximum Gasteiger partial charge on any atom is 0.261 e. The minimum atomic E-state index is -3.56. The molecule has 0 unspecified atom stereocenters. The third-order valence-electron chi connectivity index (χ3n) is 4.09. The van der Waals surface area contributed by atoms with Gasteiger partial charge in [0.25, 0.3) is 5.91 Å². The average Bonchev–Trinajstić information content (AvgIpc) is 3.19. The van der Waals surface area contributed by atoms with E-state index in [-0.39, 0.29) is 21.1 Å². The van der Waals surface area contributed by atoms with Crippen molar-refractivity contribution in [3.05, 3.63) is 46.8 Å². The molecule has 0 saturated heterocycles. The van der Waals surface area contributed by atoms with Gasteiger partial charge < -0.3 is 5.32 Å². The Hall–Kier alpha value is -1.66. The number of rotatable bonds is 4. The second kappa shape index (κ2) is 6.45. The van der Waals surface area contributed by atoms with Crippen molar-refractivity contribution in [2.24, 2.45) is 0 Å². The highest BCUT2D eigenvalue weighted by Gasteiger charge is 2.23. The molecule has 1 aliphatic carbocycles. The van der Waals surface area contributed by atoms with Gasteiger partial charge in [-0.05, 0) is 44.0 Å². The second-order valence-electron chi connectivity index (χ2n) is 5.89. The Morgan fingerprint density at radius 3 is 2.39 bits per heavy atom. The zero-order valence-electron chi connectivity index (χ0n) is 12.9. The summed E-state index contributed by atoms with van der Waals surface area (Å²) in [5, 5.41) is 2.98. The van der Waals surface area contributed by atoms with Gasteiger partial charge in [-0.25, -0.2) is 8.42 Å². The summed E-state index contributed by atoms with van der Waals surface area (Å²) in [6, 6.07) is 10.1. The van der Waals surface area contributed by atoms with Gasteiger partial charge in [0.15, 0.2) is 0 Å². The van der Waals surface area contributed by atoms with Crippen LogP contribution in [0.4, 0.5) is 0 Å². The average molecular weight is 349 g/mol. The van der Waals surface area contributed by atoms with Crippen LogP contribution in [-0.4, -0.2) is 20.4 Å². The van der Waals surface area contributed by atoms with Gasteiger partial charge in [-0.15, -0.1) is 11.3 Å². The molecule has 0 atom stereocenters. The largest absolute Gasteiger partial charge is 0.349 e. The quantitative estimate of drug-likeness (QED) is 0.918. The number of aryl methyl sites for hydroxylation is 1. The Balaban J connectivity index is 1.80. The smallest absolute Gasteiger partial charge is 0.261 e. The maximum absolute atomic E-state index is 12.6. The Labute approximate surface area is 140 Å². The van der Waals surface area contributed by atoms with E-state index in [0.29, 0.717) is 4.88 Å². The van der Waals surface area contributed by atoms with Crippen LogP contribution in [0, 0.1) is 6.92 Å². The van der Waals surface area contributed by atoms with Crippen molar-refractivity contribution in [2.45, 2.75) is 47.8 Å². The van der Waals surface area contributed by atoms with E-state index in [1.807, 2.05) is 6.92 Å². The molecule has 1 fully saturated rings. The fourth-order valence-electron chi connectivity index (χ4n) is 2.75. The molecule has 1 aliphatic rings. The summed E-state index contributed by atoms with van der Waals surface area (Å²) in [7, 11) is -3.56. The lowest BCUT2D eigenvalue weighted by Gasteiger charge is -2.10. The lowest BCUT2D eigenvalue weighted by molar-refractivity contribution is 0.0942. The number of carbonyl (C=O) groups is 1. The highest BCUT2D eigenvalue weighted by Crippen LogP contribution is 2.28. The molecular formula is C17H19NO3S2. The first kappa shape index (κ1) is 16.2. The Bertz CT molecular complexity index is 801. The molecule has 3 rings (SSSR count). The molecule has 0 spiro atoms. The molecule has 23 heavy (non-hydrogen) atoms. The lowest BCUT2D eigenvalue weighted by Crippen LogP contribution is -2.31. The fourth-order valence-corrected chi connectivity index (χ4v) is 5.36. The van der Waals surface area contributed by atoms with E-state index < -0.39 is 9.84 Å². The van der Waals surface area contributed by atoms with Crippen LogP contribution < -0.4 is 5.32 Å². The summed E-state index contributed by atoms with van der Waals surface area (Å²) < 4.78 is 25.4. The molecular weight excluding hydrogens is 330 g/mol. The highest BCUT2D eigenvalue weighted by molar-refractivity contribution is 7.93. The molecule has 1 aromatic heterocycles. The molecule has 122 valence electrons. The monoisotopic (exact) mass is 349 g/mol. The van der Waals surface area contributed by atoms with Gasteiger partial charge in [-0.2, -0.15) is 0 Å². The Morgan fingerprint density at radius 2 is 1.74 bits per heavy atom. The van der Waals surface area contributed by atoms with Crippen LogP contribution in [0.15, 0.2) is 45.5 Å². The molecule has 6 heteroatoms. The molecule has 1 N–H and O–H groups in total. The maximum atomic E-state index is 12.6. The summed E-state index contributed by atoms with van der Waals surface area (Å²) in [5.41, 5.74) is 1.01. The zero-order valence-corrected chi connectivity index (χ0v) is 14.5. The van der Waals surface area contributed by atoms with Crippen molar-refractivity contribution in [3.8, 4) is 0 Å². The summed E-state index contributed by atoms with van der Waals surface area (Å²) >= 11 is 1.03. The number of benzene rings is 1. The van der Waals surface area contributed by atoms with Crippen LogP contribution >= 0.6 is 11.3 Å². The van der Waals surface area contributed by atoms with Crippen LogP contribution in [0.5, 0.6) is 0 Å². The van der Waals surface area contributed by atoms with E-state index in [2.05, 4.69) is 5.32 Å². The fraction of sp³-hybridized carbons (Fsp3) is 0.353. The van der Waals surface area contributed by atoms with E-state index in [1.54, 1.807) is 30.3 Å². The number of sulfone groups is 1. The van der Waals surface area contributed by atoms with Crippen molar-refractivity contribution in [1.29, 1.82) is 0 Å². The minimum Gasteiger partial charge on any atom is -0.349 e. The standard InChI is InChI=1S/C17H19NO3S2/c1-12-6-8-14(9-7-12)23(20,21)16-11-10-15(22-16)17(19)18-13-4-2-3-5-13/h6-11,13H,2-5H2,1H3,(H,18,19). The van der Waals surface area contributed by atoms with Gasteiger partial charge in [-0.1, -0.05) is 30.5 Å². The minimum absolute atomic E-state index is 0.174. The molecule has 2 aromatic rings. The summed E-state index contributed by atoms with van der Waals surface area (Å²) in [4.78, 5) is 12.9. The summed E-state index contributed by atoms with van der Waals surface area (Å²) in [5.74, 6) is -0.174. The normalized spacial score (nSPS) is 15.7. The highest BCUT2D eigenvalue weighted by atomic mass is 32.2. The van der Waals surface area contributed by atoms with Gasteiger partial charge in [-0.3, -0.25) is 4.79 Å². The van der Waals surface area contributed by atoms with Gasteiger partial charge >= 0.3 is 0 Å². The van der Waals surface area contributed by atoms with E-state index in [0.717, 1.165) is 42.6 Å². The van der Waals surface area contributed by atoms with Gasteiger partial charge in [0, 0.05) is 6.04 Å². The number of carbonyl (C=O) groups excluding carboxylic acids is 1. The first-order valence-corrected chi connectivity index (χ1v) is 9.99. The van der Waals surface area contributed by atoms with E-state index in [4.69, 9.17) is 0 Å². The van der Waals surface area contributed by atoms with Gasteiger partial charge in [0.05, 0.1) is 9.77 Å². The van der Waals surface area contributed by atoms with E-state index in [1.165, 1.54) is 6.07 Å². The molecule has 1 aromatic carbocycles. The predicted octanol–water partition coefficient (Wildman–Crippen LogP) is 3.56. The van der Waals surface area contributed by atoms with Crippen LogP contribution in [0.2, 0.25) is 0 Å². The Kier molecular flexibility index (Phi) is 4.55. The summed E-state index contributed by atoms with van der Waals surface area (Å²) in [6.07, 6.45) is 4.29. The van der Waals surface area contributed by atoms with Crippen LogP contribution in [0.25, 0.3) is 0 Å². The SMILES string of the molecule is Cc1ccc(S(=O)(=O)c2ccc(C(=O)NC3CCCC3)s2)cc1. The van der Waals surface area contributed by atoms with Crippen LogP contribution in [-0.2, 0) is 9.84 Å². The van der Waals surface area contributed by atoms with Gasteiger partial charge in [0.1, 0.15) is 4.21 Å². The van der Waals surface area contributed by atoms with Crippen LogP contribution in [0.3, 0.4) is 0 Å². The predicted molar refractivity (Wildman–Crippen MR) is 90.7 cm³/mol.